The number of carbonyl (C=O) groups is 1. The molecule has 22 heavy (non-hydrogen) atoms. The molecule has 1 aliphatic rings. The van der Waals surface area contributed by atoms with Gasteiger partial charge in [-0.15, -0.1) is 0 Å². The fourth-order valence-electron chi connectivity index (χ4n) is 1.87. The summed E-state index contributed by atoms with van der Waals surface area (Å²) in [6, 6.07) is 0. The molecule has 4 heteroatoms. The normalized spacial score (nSPS) is 20.5. The van der Waals surface area contributed by atoms with Gasteiger partial charge in [0.15, 0.2) is 6.21 Å². The molecule has 0 radical (unpaired) electrons. The molecule has 0 aromatic carbocycles. The van der Waals surface area contributed by atoms with Gasteiger partial charge in [-0.05, 0) is 18.4 Å². The Bertz CT molecular complexity index is 575. The third-order valence-electron chi connectivity index (χ3n) is 3.05. The molecule has 1 aliphatic heterocycles. The third-order valence-corrected chi connectivity index (χ3v) is 3.05. The summed E-state index contributed by atoms with van der Waals surface area (Å²) in [4.78, 5) is 16.7. The van der Waals surface area contributed by atoms with E-state index in [9.17, 15) is 4.79 Å². The Balaban J connectivity index is 2.69. The molecule has 0 atom stereocenters. The van der Waals surface area contributed by atoms with Crippen molar-refractivity contribution < 1.29 is 9.79 Å². The highest BCUT2D eigenvalue weighted by atomic mass is 16.2. The van der Waals surface area contributed by atoms with Crippen molar-refractivity contribution in [3.63, 3.8) is 0 Å². The van der Waals surface area contributed by atoms with Crippen LogP contribution in [0.5, 0.6) is 0 Å². The molecule has 0 unspecified atom stereocenters. The first kappa shape index (κ1) is 17.4. The molecule has 1 heterocycles. The zero-order valence-electron chi connectivity index (χ0n) is 13.4. The van der Waals surface area contributed by atoms with Gasteiger partial charge in [-0.3, -0.25) is 9.79 Å². The molecular formula is C18H24N3O+. The number of allylic oxidation sites excluding steroid dienone is 10. The largest absolute Gasteiger partial charge is 0.394 e. The van der Waals surface area contributed by atoms with Crippen molar-refractivity contribution in [3.05, 3.63) is 72.2 Å². The average molecular weight is 298 g/mol. The molecule has 116 valence electrons. The van der Waals surface area contributed by atoms with Crippen LogP contribution in [0.25, 0.3) is 0 Å². The lowest BCUT2D eigenvalue weighted by molar-refractivity contribution is -0.413. The van der Waals surface area contributed by atoms with Gasteiger partial charge in [-0.2, -0.15) is 0 Å². The molecule has 0 aromatic heterocycles. The fraction of sp³-hybridized carbons (Fsp3) is 0.222. The number of carbonyl (C=O) groups excluding carboxylic acids is 1. The second-order valence-electron chi connectivity index (χ2n) is 4.65. The highest BCUT2D eigenvalue weighted by molar-refractivity contribution is 5.98. The van der Waals surface area contributed by atoms with Gasteiger partial charge in [0.25, 0.3) is 5.91 Å². The first-order chi connectivity index (χ1) is 10.7. The number of likely N-dealkylation sites (N-methyl/N-ethyl adjacent to an activating group) is 1. The van der Waals surface area contributed by atoms with Crippen LogP contribution in [-0.4, -0.2) is 38.2 Å². The minimum Gasteiger partial charge on any atom is -0.394 e. The summed E-state index contributed by atoms with van der Waals surface area (Å²) >= 11 is 0. The molecule has 1 rings (SSSR count). The van der Waals surface area contributed by atoms with Crippen LogP contribution in [-0.2, 0) is 4.79 Å². The van der Waals surface area contributed by atoms with E-state index in [1.165, 1.54) is 0 Å². The average Bonchev–Trinajstić information content (AvgIpc) is 2.79. The lowest BCUT2D eigenvalue weighted by atomic mass is 10.2. The molecule has 0 aromatic rings. The van der Waals surface area contributed by atoms with Gasteiger partial charge in [-0.25, -0.2) is 0 Å². The van der Waals surface area contributed by atoms with Crippen LogP contribution in [0.3, 0.4) is 0 Å². The highest BCUT2D eigenvalue weighted by Gasteiger charge is 2.26. The van der Waals surface area contributed by atoms with Gasteiger partial charge >= 0.3 is 0 Å². The number of nitrogens with one attached hydrogen (secondary N) is 2. The topological polar surface area (TPSA) is 46.3 Å². The van der Waals surface area contributed by atoms with Crippen molar-refractivity contribution >= 4 is 12.1 Å². The standard InChI is InChI=1S/C18H23N3O/c1-19-13-9-5-4-8-12-17-15-16(18(22)21(17)3)11-7-6-10-14-20-2/h4-14,20H,15H2,1-3H3/p+1. The Morgan fingerprint density at radius 3 is 2.45 bits per heavy atom. The second kappa shape index (κ2) is 10.2. The molecule has 0 saturated carbocycles. The van der Waals surface area contributed by atoms with Crippen molar-refractivity contribution in [3.8, 4) is 0 Å². The van der Waals surface area contributed by atoms with E-state index in [-0.39, 0.29) is 5.91 Å². The molecule has 0 aliphatic carbocycles. The molecule has 1 fully saturated rings. The summed E-state index contributed by atoms with van der Waals surface area (Å²) in [7, 11) is 5.50. The lowest BCUT2D eigenvalue weighted by Gasteiger charge is -2.08. The predicted molar refractivity (Wildman–Crippen MR) is 92.1 cm³/mol. The predicted octanol–water partition coefficient (Wildman–Crippen LogP) is 0.842. The van der Waals surface area contributed by atoms with Crippen LogP contribution < -0.4 is 10.3 Å². The second-order valence-corrected chi connectivity index (χ2v) is 4.65. The van der Waals surface area contributed by atoms with Crippen molar-refractivity contribution in [2.75, 3.05) is 21.1 Å². The van der Waals surface area contributed by atoms with E-state index in [4.69, 9.17) is 0 Å². The molecular weight excluding hydrogens is 274 g/mol. The van der Waals surface area contributed by atoms with Gasteiger partial charge < -0.3 is 10.2 Å². The van der Waals surface area contributed by atoms with Gasteiger partial charge in [0.1, 0.15) is 7.05 Å². The van der Waals surface area contributed by atoms with Crippen LogP contribution >= 0.6 is 0 Å². The van der Waals surface area contributed by atoms with Crippen LogP contribution in [0.2, 0.25) is 0 Å². The summed E-state index contributed by atoms with van der Waals surface area (Å²) in [5.41, 5.74) is 1.80. The zero-order chi connectivity index (χ0) is 16.2. The maximum atomic E-state index is 12.1. The van der Waals surface area contributed by atoms with Gasteiger partial charge in [-0.1, -0.05) is 36.5 Å². The Labute approximate surface area is 132 Å². The summed E-state index contributed by atoms with van der Waals surface area (Å²) in [5, 5.41) is 2.90. The Kier molecular flexibility index (Phi) is 8.05. The third kappa shape index (κ3) is 5.79. The molecule has 1 amide bonds. The number of likely N-dealkylation sites (tertiary alicyclic amines) is 1. The van der Waals surface area contributed by atoms with Crippen LogP contribution in [0, 0.1) is 0 Å². The summed E-state index contributed by atoms with van der Waals surface area (Å²) in [6.07, 6.45) is 21.5. The van der Waals surface area contributed by atoms with E-state index in [0.717, 1.165) is 11.3 Å². The van der Waals surface area contributed by atoms with Gasteiger partial charge in [0, 0.05) is 37.9 Å². The van der Waals surface area contributed by atoms with E-state index >= 15 is 0 Å². The molecule has 0 bridgehead atoms. The zero-order valence-corrected chi connectivity index (χ0v) is 13.4. The maximum absolute atomic E-state index is 12.1. The van der Waals surface area contributed by atoms with Crippen LogP contribution in [0.1, 0.15) is 6.42 Å². The Morgan fingerprint density at radius 2 is 1.73 bits per heavy atom. The highest BCUT2D eigenvalue weighted by Crippen LogP contribution is 2.25. The fourth-order valence-corrected chi connectivity index (χ4v) is 1.87. The van der Waals surface area contributed by atoms with Crippen molar-refractivity contribution in [1.29, 1.82) is 0 Å². The van der Waals surface area contributed by atoms with E-state index in [0.29, 0.717) is 6.42 Å². The number of hydrogen-bond donors (Lipinski definition) is 2. The van der Waals surface area contributed by atoms with Crippen molar-refractivity contribution in [2.24, 2.45) is 0 Å². The van der Waals surface area contributed by atoms with E-state index in [2.05, 4.69) is 10.3 Å². The Morgan fingerprint density at radius 1 is 1.05 bits per heavy atom. The molecule has 4 nitrogen and oxygen atoms in total. The van der Waals surface area contributed by atoms with Gasteiger partial charge in [0.05, 0.1) is 0 Å². The number of rotatable bonds is 6. The summed E-state index contributed by atoms with van der Waals surface area (Å²) in [6.45, 7) is 0. The minimum absolute atomic E-state index is 0.0564. The number of nitrogens with zero attached hydrogens (tertiary/aromatic N) is 1. The van der Waals surface area contributed by atoms with Crippen LogP contribution in [0.15, 0.2) is 72.2 Å². The SMILES string of the molecule is CNC=CC=CC=C1CC(=CC=CC=CC=[NH+]C)N(C)C1=O. The maximum Gasteiger partial charge on any atom is 0.254 e. The van der Waals surface area contributed by atoms with Crippen LogP contribution in [0.4, 0.5) is 0 Å². The number of hydrogen-bond acceptors (Lipinski definition) is 2. The molecule has 1 saturated heterocycles. The van der Waals surface area contributed by atoms with Crippen molar-refractivity contribution in [2.45, 2.75) is 6.42 Å². The van der Waals surface area contributed by atoms with E-state index in [1.54, 1.807) is 11.9 Å². The first-order valence-corrected chi connectivity index (χ1v) is 7.21. The molecule has 2 N–H and O–H groups in total. The smallest absolute Gasteiger partial charge is 0.254 e. The number of amides is 1. The Hall–Kier alpha value is -2.62. The van der Waals surface area contributed by atoms with E-state index < -0.39 is 0 Å². The van der Waals surface area contributed by atoms with Gasteiger partial charge in [0.2, 0.25) is 0 Å². The monoisotopic (exact) mass is 298 g/mol. The van der Waals surface area contributed by atoms with E-state index in [1.807, 2.05) is 81.2 Å². The lowest BCUT2D eigenvalue weighted by Crippen LogP contribution is -2.62. The summed E-state index contributed by atoms with van der Waals surface area (Å²) < 4.78 is 0. The minimum atomic E-state index is 0.0564. The first-order valence-electron chi connectivity index (χ1n) is 7.21. The van der Waals surface area contributed by atoms with Crippen molar-refractivity contribution in [1.82, 2.24) is 10.2 Å². The quantitative estimate of drug-likeness (QED) is 0.434. The molecule has 0 spiro atoms. The summed E-state index contributed by atoms with van der Waals surface area (Å²) in [5.74, 6) is 0.0564.